The van der Waals surface area contributed by atoms with Crippen molar-refractivity contribution in [2.75, 3.05) is 5.32 Å². The maximum Gasteiger partial charge on any atom is 0.255 e. The third kappa shape index (κ3) is 4.18. The van der Waals surface area contributed by atoms with Crippen LogP contribution in [0.2, 0.25) is 0 Å². The zero-order valence-corrected chi connectivity index (χ0v) is 15.5. The van der Waals surface area contributed by atoms with E-state index in [-0.39, 0.29) is 16.8 Å². The van der Waals surface area contributed by atoms with Gasteiger partial charge >= 0.3 is 0 Å². The third-order valence-electron chi connectivity index (χ3n) is 3.81. The number of amides is 1. The number of nitrogens with zero attached hydrogens (tertiary/aromatic N) is 4. The van der Waals surface area contributed by atoms with Gasteiger partial charge in [0.15, 0.2) is 5.82 Å². The molecule has 1 heterocycles. The lowest BCUT2D eigenvalue weighted by Crippen LogP contribution is -2.14. The first-order valence-corrected chi connectivity index (χ1v) is 9.63. The third-order valence-corrected chi connectivity index (χ3v) is 4.73. The molecule has 0 unspecified atom stereocenters. The molecule has 3 aromatic rings. The molecule has 0 atom stereocenters. The number of hydrogen-bond acceptors (Lipinski definition) is 6. The van der Waals surface area contributed by atoms with E-state index in [2.05, 4.69) is 20.8 Å². The molecule has 140 valence electrons. The summed E-state index contributed by atoms with van der Waals surface area (Å²) in [5.74, 6) is 0.223. The van der Waals surface area contributed by atoms with Gasteiger partial charge in [-0.2, -0.15) is 0 Å². The molecule has 1 amide bonds. The Morgan fingerprint density at radius 2 is 1.85 bits per heavy atom. The van der Waals surface area contributed by atoms with Crippen molar-refractivity contribution in [2.24, 2.45) is 5.14 Å². The number of carbonyl (C=O) groups is 1. The van der Waals surface area contributed by atoms with Crippen LogP contribution in [0.1, 0.15) is 30.2 Å². The number of hydrogen-bond donors (Lipinski definition) is 2. The highest BCUT2D eigenvalue weighted by Crippen LogP contribution is 2.21. The average Bonchev–Trinajstić information content (AvgIpc) is 3.11. The van der Waals surface area contributed by atoms with Crippen LogP contribution in [0.4, 0.5) is 5.69 Å². The fourth-order valence-electron chi connectivity index (χ4n) is 2.46. The number of nitrogens with two attached hydrogens (primary N) is 1. The molecule has 0 bridgehead atoms. The molecule has 0 aliphatic carbocycles. The normalized spacial score (nSPS) is 11.6. The number of anilines is 1. The predicted octanol–water partition coefficient (Wildman–Crippen LogP) is 1.82. The molecule has 0 radical (unpaired) electrons. The molecule has 3 N–H and O–H groups in total. The predicted molar refractivity (Wildman–Crippen MR) is 99.4 cm³/mol. The lowest BCUT2D eigenvalue weighted by molar-refractivity contribution is 0.102. The molecular formula is C17H18N6O3S. The lowest BCUT2D eigenvalue weighted by atomic mass is 10.1. The second-order valence-electron chi connectivity index (χ2n) is 6.15. The minimum atomic E-state index is -3.78. The fraction of sp³-hybridized carbons (Fsp3) is 0.176. The van der Waals surface area contributed by atoms with Crippen LogP contribution in [0.3, 0.4) is 0 Å². The van der Waals surface area contributed by atoms with Crippen molar-refractivity contribution in [3.63, 3.8) is 0 Å². The van der Waals surface area contributed by atoms with Crippen LogP contribution >= 0.6 is 0 Å². The van der Waals surface area contributed by atoms with Gasteiger partial charge in [0.25, 0.3) is 5.91 Å². The summed E-state index contributed by atoms with van der Waals surface area (Å²) >= 11 is 0. The van der Waals surface area contributed by atoms with Crippen LogP contribution in [0.5, 0.6) is 0 Å². The molecule has 0 aliphatic heterocycles. The van der Waals surface area contributed by atoms with Gasteiger partial charge < -0.3 is 5.32 Å². The second-order valence-corrected chi connectivity index (χ2v) is 7.71. The van der Waals surface area contributed by atoms with E-state index >= 15 is 0 Å². The average molecular weight is 386 g/mol. The van der Waals surface area contributed by atoms with E-state index in [1.807, 2.05) is 19.9 Å². The van der Waals surface area contributed by atoms with Crippen molar-refractivity contribution in [1.82, 2.24) is 20.2 Å². The molecule has 10 heteroatoms. The number of primary sulfonamides is 1. The zero-order chi connectivity index (χ0) is 19.6. The van der Waals surface area contributed by atoms with Crippen LogP contribution < -0.4 is 10.5 Å². The van der Waals surface area contributed by atoms with E-state index in [4.69, 9.17) is 5.14 Å². The number of benzene rings is 2. The molecule has 2 aromatic carbocycles. The van der Waals surface area contributed by atoms with Crippen molar-refractivity contribution < 1.29 is 13.2 Å². The van der Waals surface area contributed by atoms with Crippen molar-refractivity contribution in [3.8, 4) is 11.4 Å². The minimum absolute atomic E-state index is 0.0250. The summed E-state index contributed by atoms with van der Waals surface area (Å²) in [6.45, 7) is 3.92. The Morgan fingerprint density at radius 3 is 2.48 bits per heavy atom. The Bertz CT molecular complexity index is 1070. The van der Waals surface area contributed by atoms with Crippen molar-refractivity contribution in [3.05, 3.63) is 54.1 Å². The van der Waals surface area contributed by atoms with E-state index in [0.29, 0.717) is 22.6 Å². The highest BCUT2D eigenvalue weighted by Gasteiger charge is 2.14. The Labute approximate surface area is 156 Å². The van der Waals surface area contributed by atoms with Crippen LogP contribution in [0.15, 0.2) is 53.4 Å². The van der Waals surface area contributed by atoms with Crippen LogP contribution in [0.25, 0.3) is 11.4 Å². The van der Waals surface area contributed by atoms with Gasteiger partial charge in [-0.05, 0) is 60.7 Å². The summed E-state index contributed by atoms with van der Waals surface area (Å²) in [6.07, 6.45) is 0. The van der Waals surface area contributed by atoms with Crippen LogP contribution in [-0.4, -0.2) is 34.5 Å². The quantitative estimate of drug-likeness (QED) is 0.687. The van der Waals surface area contributed by atoms with Gasteiger partial charge in [-0.1, -0.05) is 12.1 Å². The van der Waals surface area contributed by atoms with Crippen LogP contribution in [0, 0.1) is 0 Å². The molecular weight excluding hydrogens is 368 g/mol. The van der Waals surface area contributed by atoms with Crippen molar-refractivity contribution >= 4 is 21.6 Å². The number of carbonyl (C=O) groups excluding carboxylic acids is 1. The van der Waals surface area contributed by atoms with Gasteiger partial charge in [-0.15, -0.1) is 5.10 Å². The molecule has 1 aromatic heterocycles. The summed E-state index contributed by atoms with van der Waals surface area (Å²) in [7, 11) is -3.78. The topological polar surface area (TPSA) is 133 Å². The van der Waals surface area contributed by atoms with E-state index < -0.39 is 10.0 Å². The van der Waals surface area contributed by atoms with Crippen molar-refractivity contribution in [1.29, 1.82) is 0 Å². The van der Waals surface area contributed by atoms with Gasteiger partial charge in [0.1, 0.15) is 0 Å². The van der Waals surface area contributed by atoms with Gasteiger partial charge in [0.05, 0.1) is 10.9 Å². The SMILES string of the molecule is CC(C)n1nnnc1-c1cccc(C(=O)Nc2ccc(S(N)(=O)=O)cc2)c1. The smallest absolute Gasteiger partial charge is 0.255 e. The number of rotatable bonds is 5. The van der Waals surface area contributed by atoms with E-state index in [1.54, 1.807) is 22.9 Å². The number of nitrogens with one attached hydrogen (secondary N) is 1. The number of aromatic nitrogens is 4. The summed E-state index contributed by atoms with van der Waals surface area (Å²) in [5, 5.41) is 19.5. The summed E-state index contributed by atoms with van der Waals surface area (Å²) in [6, 6.07) is 12.6. The standard InChI is InChI=1S/C17H18N6O3S/c1-11(2)23-16(20-21-22-23)12-4-3-5-13(10-12)17(24)19-14-6-8-15(9-7-14)27(18,25)26/h3-11H,1-2H3,(H,19,24)(H2,18,25,26). The summed E-state index contributed by atoms with van der Waals surface area (Å²) < 4.78 is 24.2. The zero-order valence-electron chi connectivity index (χ0n) is 14.7. The molecule has 0 fully saturated rings. The molecule has 27 heavy (non-hydrogen) atoms. The van der Waals surface area contributed by atoms with Gasteiger partial charge in [-0.3, -0.25) is 4.79 Å². The van der Waals surface area contributed by atoms with Gasteiger partial charge in [0, 0.05) is 16.8 Å². The Kier molecular flexibility index (Phi) is 5.02. The molecule has 9 nitrogen and oxygen atoms in total. The first-order valence-electron chi connectivity index (χ1n) is 8.08. The maximum atomic E-state index is 12.5. The lowest BCUT2D eigenvalue weighted by Gasteiger charge is -2.09. The van der Waals surface area contributed by atoms with E-state index in [9.17, 15) is 13.2 Å². The Balaban J connectivity index is 1.83. The molecule has 0 spiro atoms. The van der Waals surface area contributed by atoms with Crippen molar-refractivity contribution in [2.45, 2.75) is 24.8 Å². The minimum Gasteiger partial charge on any atom is -0.322 e. The number of sulfonamides is 1. The Morgan fingerprint density at radius 1 is 1.15 bits per heavy atom. The number of tetrazole rings is 1. The largest absolute Gasteiger partial charge is 0.322 e. The molecule has 0 aliphatic rings. The second kappa shape index (κ2) is 7.25. The van der Waals surface area contributed by atoms with Crippen LogP contribution in [-0.2, 0) is 10.0 Å². The molecule has 3 rings (SSSR count). The summed E-state index contributed by atoms with van der Waals surface area (Å²) in [4.78, 5) is 12.5. The molecule has 0 saturated carbocycles. The highest BCUT2D eigenvalue weighted by atomic mass is 32.2. The van der Waals surface area contributed by atoms with E-state index in [0.717, 1.165) is 0 Å². The summed E-state index contributed by atoms with van der Waals surface area (Å²) in [5.41, 5.74) is 1.58. The maximum absolute atomic E-state index is 12.5. The molecule has 0 saturated heterocycles. The fourth-order valence-corrected chi connectivity index (χ4v) is 2.98. The Hall–Kier alpha value is -3.11. The first kappa shape index (κ1) is 18.7. The monoisotopic (exact) mass is 386 g/mol. The first-order chi connectivity index (χ1) is 12.8. The van der Waals surface area contributed by atoms with Gasteiger partial charge in [-0.25, -0.2) is 18.2 Å². The van der Waals surface area contributed by atoms with Gasteiger partial charge in [0.2, 0.25) is 10.0 Å². The highest BCUT2D eigenvalue weighted by molar-refractivity contribution is 7.89. The van der Waals surface area contributed by atoms with E-state index in [1.165, 1.54) is 24.3 Å².